The summed E-state index contributed by atoms with van der Waals surface area (Å²) in [6.45, 7) is 2.22. The summed E-state index contributed by atoms with van der Waals surface area (Å²) in [7, 11) is 3.02. The summed E-state index contributed by atoms with van der Waals surface area (Å²) in [4.78, 5) is 39.3. The SMILES string of the molecule is COCCNC(=O)[C@@H](C)n1c(=O)n(-c2cccc(OC)c2)c(=O)c2ccc(Cl)cc21. The average Bonchev–Trinajstić information content (AvgIpc) is 2.73. The Morgan fingerprint density at radius 2 is 1.93 bits per heavy atom. The van der Waals surface area contributed by atoms with Crippen molar-refractivity contribution in [3.63, 3.8) is 0 Å². The third-order valence-electron chi connectivity index (χ3n) is 4.73. The first-order valence-electron chi connectivity index (χ1n) is 9.27. The Kier molecular flexibility index (Phi) is 6.59. The molecule has 1 N–H and O–H groups in total. The lowest BCUT2D eigenvalue weighted by atomic mass is 10.2. The van der Waals surface area contributed by atoms with E-state index in [1.54, 1.807) is 43.3 Å². The largest absolute Gasteiger partial charge is 0.497 e. The van der Waals surface area contributed by atoms with Crippen molar-refractivity contribution in [2.45, 2.75) is 13.0 Å². The van der Waals surface area contributed by atoms with Crippen molar-refractivity contribution in [2.24, 2.45) is 0 Å². The van der Waals surface area contributed by atoms with E-state index in [4.69, 9.17) is 21.1 Å². The van der Waals surface area contributed by atoms with Gasteiger partial charge in [0.1, 0.15) is 11.8 Å². The zero-order valence-electron chi connectivity index (χ0n) is 16.8. The number of nitrogens with one attached hydrogen (secondary N) is 1. The number of halogens is 1. The molecular weight excluding hydrogens is 410 g/mol. The number of methoxy groups -OCH3 is 2. The maximum Gasteiger partial charge on any atom is 0.336 e. The van der Waals surface area contributed by atoms with Crippen LogP contribution in [0.2, 0.25) is 5.02 Å². The highest BCUT2D eigenvalue weighted by Gasteiger charge is 2.23. The molecule has 2 aromatic carbocycles. The van der Waals surface area contributed by atoms with Crippen LogP contribution in [0.25, 0.3) is 16.6 Å². The lowest BCUT2D eigenvalue weighted by Gasteiger charge is -2.20. The smallest absolute Gasteiger partial charge is 0.336 e. The molecule has 0 aliphatic heterocycles. The normalized spacial score (nSPS) is 12.0. The first kappa shape index (κ1) is 21.6. The number of hydrogen-bond donors (Lipinski definition) is 1. The molecule has 0 spiro atoms. The summed E-state index contributed by atoms with van der Waals surface area (Å²) in [5.74, 6) is 0.109. The number of carbonyl (C=O) groups is 1. The van der Waals surface area contributed by atoms with Gasteiger partial charge >= 0.3 is 5.69 Å². The quantitative estimate of drug-likeness (QED) is 0.579. The molecule has 0 bridgehead atoms. The van der Waals surface area contributed by atoms with E-state index < -0.39 is 17.3 Å². The Labute approximate surface area is 177 Å². The zero-order chi connectivity index (χ0) is 21.8. The molecule has 0 radical (unpaired) electrons. The molecular formula is C21H22ClN3O5. The summed E-state index contributed by atoms with van der Waals surface area (Å²) >= 11 is 6.12. The third-order valence-corrected chi connectivity index (χ3v) is 4.97. The van der Waals surface area contributed by atoms with Gasteiger partial charge in [-0.15, -0.1) is 0 Å². The monoisotopic (exact) mass is 431 g/mol. The average molecular weight is 432 g/mol. The molecule has 3 aromatic rings. The number of carbonyl (C=O) groups excluding carboxylic acids is 1. The summed E-state index contributed by atoms with van der Waals surface area (Å²) < 4.78 is 12.4. The molecule has 0 fully saturated rings. The highest BCUT2D eigenvalue weighted by molar-refractivity contribution is 6.31. The van der Waals surface area contributed by atoms with Gasteiger partial charge in [-0.25, -0.2) is 9.36 Å². The molecule has 30 heavy (non-hydrogen) atoms. The molecule has 1 heterocycles. The first-order chi connectivity index (χ1) is 14.4. The predicted molar refractivity (Wildman–Crippen MR) is 115 cm³/mol. The van der Waals surface area contributed by atoms with E-state index in [1.807, 2.05) is 0 Å². The van der Waals surface area contributed by atoms with Crippen LogP contribution in [0.1, 0.15) is 13.0 Å². The van der Waals surface area contributed by atoms with Gasteiger partial charge in [0.25, 0.3) is 5.56 Å². The highest BCUT2D eigenvalue weighted by Crippen LogP contribution is 2.20. The molecule has 0 saturated heterocycles. The Morgan fingerprint density at radius 3 is 2.63 bits per heavy atom. The minimum Gasteiger partial charge on any atom is -0.497 e. The van der Waals surface area contributed by atoms with Crippen molar-refractivity contribution in [3.05, 3.63) is 68.3 Å². The molecule has 0 unspecified atom stereocenters. The van der Waals surface area contributed by atoms with Gasteiger partial charge in [-0.3, -0.25) is 14.2 Å². The van der Waals surface area contributed by atoms with E-state index in [1.165, 1.54) is 24.9 Å². The van der Waals surface area contributed by atoms with Crippen LogP contribution < -0.4 is 21.3 Å². The van der Waals surface area contributed by atoms with Gasteiger partial charge in [0.2, 0.25) is 5.91 Å². The Hall–Kier alpha value is -3.10. The van der Waals surface area contributed by atoms with Gasteiger partial charge < -0.3 is 14.8 Å². The Morgan fingerprint density at radius 1 is 1.17 bits per heavy atom. The van der Waals surface area contributed by atoms with E-state index in [2.05, 4.69) is 5.32 Å². The molecule has 1 amide bonds. The predicted octanol–water partition coefficient (Wildman–Crippen LogP) is 2.14. The van der Waals surface area contributed by atoms with E-state index in [-0.39, 0.29) is 16.8 Å². The number of ether oxygens (including phenoxy) is 2. The fourth-order valence-electron chi connectivity index (χ4n) is 3.20. The minimum atomic E-state index is -0.896. The summed E-state index contributed by atoms with van der Waals surface area (Å²) in [6, 6.07) is 10.3. The van der Waals surface area contributed by atoms with Crippen LogP contribution in [-0.4, -0.2) is 42.4 Å². The van der Waals surface area contributed by atoms with Crippen LogP contribution in [0, 0.1) is 0 Å². The van der Waals surface area contributed by atoms with Gasteiger partial charge in [0, 0.05) is 24.7 Å². The van der Waals surface area contributed by atoms with Gasteiger partial charge in [0.05, 0.1) is 30.3 Å². The number of rotatable bonds is 7. The number of amides is 1. The van der Waals surface area contributed by atoms with E-state index in [9.17, 15) is 14.4 Å². The molecule has 9 heteroatoms. The van der Waals surface area contributed by atoms with E-state index >= 15 is 0 Å². The van der Waals surface area contributed by atoms with E-state index in [0.29, 0.717) is 29.6 Å². The van der Waals surface area contributed by atoms with Crippen LogP contribution >= 0.6 is 11.6 Å². The van der Waals surface area contributed by atoms with Crippen molar-refractivity contribution in [1.29, 1.82) is 0 Å². The van der Waals surface area contributed by atoms with Gasteiger partial charge in [-0.2, -0.15) is 0 Å². The van der Waals surface area contributed by atoms with Crippen LogP contribution in [0.4, 0.5) is 0 Å². The van der Waals surface area contributed by atoms with Gasteiger partial charge in [0.15, 0.2) is 0 Å². The number of hydrogen-bond acceptors (Lipinski definition) is 5. The second-order valence-electron chi connectivity index (χ2n) is 6.62. The number of benzene rings is 2. The minimum absolute atomic E-state index is 0.262. The third kappa shape index (κ3) is 4.10. The van der Waals surface area contributed by atoms with Crippen LogP contribution in [0.5, 0.6) is 5.75 Å². The summed E-state index contributed by atoms with van der Waals surface area (Å²) in [5.41, 5.74) is -0.548. The van der Waals surface area contributed by atoms with Crippen molar-refractivity contribution in [3.8, 4) is 11.4 Å². The lowest BCUT2D eigenvalue weighted by Crippen LogP contribution is -2.44. The molecule has 0 aliphatic rings. The molecule has 8 nitrogen and oxygen atoms in total. The van der Waals surface area contributed by atoms with Crippen molar-refractivity contribution >= 4 is 28.4 Å². The fraction of sp³-hybridized carbons (Fsp3) is 0.286. The van der Waals surface area contributed by atoms with Crippen LogP contribution in [0.3, 0.4) is 0 Å². The standard InChI is InChI=1S/C21H22ClN3O5/c1-13(19(26)23-9-10-29-2)24-18-11-14(22)7-8-17(18)20(27)25(21(24)28)15-5-4-6-16(12-15)30-3/h4-8,11-13H,9-10H2,1-3H3,(H,23,26)/t13-/m1/s1. The maximum atomic E-state index is 13.4. The second kappa shape index (κ2) is 9.15. The molecule has 1 atom stereocenters. The topological polar surface area (TPSA) is 91.6 Å². The molecule has 0 saturated carbocycles. The zero-order valence-corrected chi connectivity index (χ0v) is 17.6. The van der Waals surface area contributed by atoms with Crippen LogP contribution in [0.15, 0.2) is 52.1 Å². The Bertz CT molecular complexity index is 1200. The van der Waals surface area contributed by atoms with Crippen molar-refractivity contribution < 1.29 is 14.3 Å². The molecule has 3 rings (SSSR count). The fourth-order valence-corrected chi connectivity index (χ4v) is 3.36. The first-order valence-corrected chi connectivity index (χ1v) is 9.64. The summed E-state index contributed by atoms with van der Waals surface area (Å²) in [6.07, 6.45) is 0. The molecule has 1 aromatic heterocycles. The number of aromatic nitrogens is 2. The number of nitrogens with zero attached hydrogens (tertiary/aromatic N) is 2. The number of fused-ring (bicyclic) bond motifs is 1. The van der Waals surface area contributed by atoms with E-state index in [0.717, 1.165) is 4.57 Å². The Balaban J connectivity index is 2.27. The van der Waals surface area contributed by atoms with Gasteiger partial charge in [-0.05, 0) is 37.3 Å². The van der Waals surface area contributed by atoms with Crippen LogP contribution in [-0.2, 0) is 9.53 Å². The highest BCUT2D eigenvalue weighted by atomic mass is 35.5. The lowest BCUT2D eigenvalue weighted by molar-refractivity contribution is -0.124. The maximum absolute atomic E-state index is 13.4. The summed E-state index contributed by atoms with van der Waals surface area (Å²) in [5, 5.41) is 3.33. The second-order valence-corrected chi connectivity index (χ2v) is 7.05. The molecule has 0 aliphatic carbocycles. The van der Waals surface area contributed by atoms with Crippen molar-refractivity contribution in [1.82, 2.24) is 14.5 Å². The van der Waals surface area contributed by atoms with Crippen molar-refractivity contribution in [2.75, 3.05) is 27.4 Å². The van der Waals surface area contributed by atoms with Gasteiger partial charge in [-0.1, -0.05) is 17.7 Å². The molecule has 158 valence electrons.